The van der Waals surface area contributed by atoms with Gasteiger partial charge in [-0.3, -0.25) is 0 Å². The highest BCUT2D eigenvalue weighted by atomic mass is 32.1. The summed E-state index contributed by atoms with van der Waals surface area (Å²) in [4.78, 5) is 5.42. The van der Waals surface area contributed by atoms with Crippen molar-refractivity contribution in [1.82, 2.24) is 15.6 Å². The second-order valence-electron chi connectivity index (χ2n) is 3.82. The molecule has 1 heterocycles. The minimum Gasteiger partial charge on any atom is -0.362 e. The first-order valence-electron chi connectivity index (χ1n) is 5.00. The van der Waals surface area contributed by atoms with Gasteiger partial charge in [-0.2, -0.15) is 0 Å². The first kappa shape index (κ1) is 12.4. The standard InChI is InChI=1S/C10H17N3S2/c1-7(2)4-11-10(14)12-5-9-8(3)13-6-15-9/h6-7H,4-5H2,1-3H3,(H2,11,12,14). The van der Waals surface area contributed by atoms with E-state index >= 15 is 0 Å². The molecular formula is C10H17N3S2. The molecule has 0 bridgehead atoms. The Balaban J connectivity index is 2.26. The molecule has 0 saturated heterocycles. The van der Waals surface area contributed by atoms with Gasteiger partial charge in [-0.25, -0.2) is 4.98 Å². The summed E-state index contributed by atoms with van der Waals surface area (Å²) >= 11 is 6.81. The Morgan fingerprint density at radius 1 is 1.53 bits per heavy atom. The first-order chi connectivity index (χ1) is 7.09. The van der Waals surface area contributed by atoms with Gasteiger partial charge in [0.1, 0.15) is 0 Å². The van der Waals surface area contributed by atoms with Crippen LogP contribution in [-0.2, 0) is 6.54 Å². The van der Waals surface area contributed by atoms with E-state index < -0.39 is 0 Å². The van der Waals surface area contributed by atoms with Crippen LogP contribution in [0.2, 0.25) is 0 Å². The molecule has 0 spiro atoms. The molecule has 0 saturated carbocycles. The van der Waals surface area contributed by atoms with Crippen molar-refractivity contribution in [3.63, 3.8) is 0 Å². The average molecular weight is 243 g/mol. The highest BCUT2D eigenvalue weighted by molar-refractivity contribution is 7.80. The zero-order valence-electron chi connectivity index (χ0n) is 9.33. The van der Waals surface area contributed by atoms with Gasteiger partial charge in [-0.15, -0.1) is 11.3 Å². The third kappa shape index (κ3) is 4.57. The van der Waals surface area contributed by atoms with E-state index in [4.69, 9.17) is 12.2 Å². The molecule has 0 amide bonds. The molecule has 1 aromatic heterocycles. The zero-order chi connectivity index (χ0) is 11.3. The predicted octanol–water partition coefficient (Wildman–Crippen LogP) is 2.07. The summed E-state index contributed by atoms with van der Waals surface area (Å²) in [5.74, 6) is 0.606. The van der Waals surface area contributed by atoms with Crippen LogP contribution in [0.15, 0.2) is 5.51 Å². The predicted molar refractivity (Wildman–Crippen MR) is 69.1 cm³/mol. The molecule has 0 radical (unpaired) electrons. The maximum atomic E-state index is 5.15. The quantitative estimate of drug-likeness (QED) is 0.794. The number of nitrogens with zero attached hydrogens (tertiary/aromatic N) is 1. The van der Waals surface area contributed by atoms with Crippen molar-refractivity contribution in [1.29, 1.82) is 0 Å². The molecule has 0 fully saturated rings. The molecule has 2 N–H and O–H groups in total. The van der Waals surface area contributed by atoms with Crippen LogP contribution in [-0.4, -0.2) is 16.6 Å². The molecule has 0 aromatic carbocycles. The lowest BCUT2D eigenvalue weighted by atomic mass is 10.2. The van der Waals surface area contributed by atoms with E-state index in [9.17, 15) is 0 Å². The molecule has 0 aliphatic rings. The van der Waals surface area contributed by atoms with Crippen LogP contribution in [0.1, 0.15) is 24.4 Å². The van der Waals surface area contributed by atoms with Gasteiger partial charge < -0.3 is 10.6 Å². The fourth-order valence-electron chi connectivity index (χ4n) is 1.02. The van der Waals surface area contributed by atoms with Gasteiger partial charge in [0.05, 0.1) is 17.7 Å². The summed E-state index contributed by atoms with van der Waals surface area (Å²) in [7, 11) is 0. The molecule has 0 aliphatic carbocycles. The van der Waals surface area contributed by atoms with Crippen LogP contribution in [0.5, 0.6) is 0 Å². The molecule has 1 rings (SSSR count). The zero-order valence-corrected chi connectivity index (χ0v) is 11.0. The van der Waals surface area contributed by atoms with Crippen molar-refractivity contribution in [3.8, 4) is 0 Å². The van der Waals surface area contributed by atoms with Gasteiger partial charge in [-0.05, 0) is 25.1 Å². The third-order valence-corrected chi connectivity index (χ3v) is 3.15. The van der Waals surface area contributed by atoms with Gasteiger partial charge >= 0.3 is 0 Å². The van der Waals surface area contributed by atoms with E-state index in [1.54, 1.807) is 11.3 Å². The van der Waals surface area contributed by atoms with Crippen LogP contribution in [0.3, 0.4) is 0 Å². The van der Waals surface area contributed by atoms with E-state index in [0.29, 0.717) is 5.92 Å². The lowest BCUT2D eigenvalue weighted by Crippen LogP contribution is -2.36. The second-order valence-corrected chi connectivity index (χ2v) is 5.17. The number of nitrogens with one attached hydrogen (secondary N) is 2. The SMILES string of the molecule is Cc1ncsc1CNC(=S)NCC(C)C. The minimum atomic E-state index is 0.606. The number of rotatable bonds is 4. The Labute approximate surface area is 100 Å². The fraction of sp³-hybridized carbons (Fsp3) is 0.600. The Morgan fingerprint density at radius 3 is 2.80 bits per heavy atom. The lowest BCUT2D eigenvalue weighted by Gasteiger charge is -2.11. The first-order valence-corrected chi connectivity index (χ1v) is 6.29. The van der Waals surface area contributed by atoms with Crippen LogP contribution in [0, 0.1) is 12.8 Å². The van der Waals surface area contributed by atoms with Crippen molar-refractivity contribution in [2.75, 3.05) is 6.54 Å². The maximum Gasteiger partial charge on any atom is 0.166 e. The second kappa shape index (κ2) is 6.02. The summed E-state index contributed by atoms with van der Waals surface area (Å²) in [6.45, 7) is 8.00. The maximum absolute atomic E-state index is 5.15. The smallest absolute Gasteiger partial charge is 0.166 e. The summed E-state index contributed by atoms with van der Waals surface area (Å²) < 4.78 is 0. The van der Waals surface area contributed by atoms with Gasteiger partial charge in [0, 0.05) is 11.4 Å². The lowest BCUT2D eigenvalue weighted by molar-refractivity contribution is 0.619. The van der Waals surface area contributed by atoms with Crippen molar-refractivity contribution >= 4 is 28.7 Å². The minimum absolute atomic E-state index is 0.606. The molecule has 0 aliphatic heterocycles. The van der Waals surface area contributed by atoms with Crippen LogP contribution >= 0.6 is 23.6 Å². The van der Waals surface area contributed by atoms with E-state index in [0.717, 1.165) is 23.9 Å². The molecule has 0 atom stereocenters. The van der Waals surface area contributed by atoms with Crippen molar-refractivity contribution in [3.05, 3.63) is 16.1 Å². The van der Waals surface area contributed by atoms with Gasteiger partial charge in [0.15, 0.2) is 5.11 Å². The van der Waals surface area contributed by atoms with Crippen molar-refractivity contribution in [2.45, 2.75) is 27.3 Å². The van der Waals surface area contributed by atoms with E-state index in [-0.39, 0.29) is 0 Å². The van der Waals surface area contributed by atoms with Gasteiger partial charge in [0.2, 0.25) is 0 Å². The summed E-state index contributed by atoms with van der Waals surface area (Å²) in [6.07, 6.45) is 0. The Kier molecular flexibility index (Phi) is 4.98. The van der Waals surface area contributed by atoms with Crippen molar-refractivity contribution in [2.24, 2.45) is 5.92 Å². The number of hydrogen-bond donors (Lipinski definition) is 2. The number of thiocarbonyl (C=S) groups is 1. The normalized spacial score (nSPS) is 10.4. The number of aromatic nitrogens is 1. The number of aryl methyl sites for hydroxylation is 1. The van der Waals surface area contributed by atoms with Crippen LogP contribution in [0.4, 0.5) is 0 Å². The highest BCUT2D eigenvalue weighted by Gasteiger charge is 2.02. The van der Waals surface area contributed by atoms with Gasteiger partial charge in [-0.1, -0.05) is 13.8 Å². The largest absolute Gasteiger partial charge is 0.362 e. The Hall–Kier alpha value is -0.680. The molecule has 0 unspecified atom stereocenters. The van der Waals surface area contributed by atoms with Crippen molar-refractivity contribution < 1.29 is 0 Å². The van der Waals surface area contributed by atoms with E-state index in [2.05, 4.69) is 29.5 Å². The average Bonchev–Trinajstić information content (AvgIpc) is 2.58. The molecule has 84 valence electrons. The highest BCUT2D eigenvalue weighted by Crippen LogP contribution is 2.10. The number of thiazole rings is 1. The topological polar surface area (TPSA) is 37.0 Å². The van der Waals surface area contributed by atoms with E-state index in [1.807, 2.05) is 12.4 Å². The summed E-state index contributed by atoms with van der Waals surface area (Å²) in [5.41, 5.74) is 2.94. The molecule has 5 heteroatoms. The molecule has 1 aromatic rings. The fourth-order valence-corrected chi connectivity index (χ4v) is 1.89. The summed E-state index contributed by atoms with van der Waals surface area (Å²) in [5, 5.41) is 7.06. The monoisotopic (exact) mass is 243 g/mol. The Bertz CT molecular complexity index is 320. The third-order valence-electron chi connectivity index (χ3n) is 1.93. The molecule has 3 nitrogen and oxygen atoms in total. The summed E-state index contributed by atoms with van der Waals surface area (Å²) in [6, 6.07) is 0. The van der Waals surface area contributed by atoms with Crippen LogP contribution in [0.25, 0.3) is 0 Å². The van der Waals surface area contributed by atoms with E-state index in [1.165, 1.54) is 4.88 Å². The molecular weight excluding hydrogens is 226 g/mol. The molecule has 15 heavy (non-hydrogen) atoms. The Morgan fingerprint density at radius 2 is 2.27 bits per heavy atom. The number of hydrogen-bond acceptors (Lipinski definition) is 3. The van der Waals surface area contributed by atoms with Gasteiger partial charge in [0.25, 0.3) is 0 Å². The van der Waals surface area contributed by atoms with Crippen LogP contribution < -0.4 is 10.6 Å².